The maximum Gasteiger partial charge on any atom is 0.254 e. The van der Waals surface area contributed by atoms with E-state index in [-0.39, 0.29) is 17.6 Å². The van der Waals surface area contributed by atoms with Crippen LogP contribution in [0.4, 0.5) is 5.69 Å². The molecular weight excluding hydrogens is 528 g/mol. The van der Waals surface area contributed by atoms with Gasteiger partial charge in [-0.15, -0.1) is 0 Å². The van der Waals surface area contributed by atoms with Crippen molar-refractivity contribution in [1.29, 1.82) is 0 Å². The van der Waals surface area contributed by atoms with Gasteiger partial charge in [0.25, 0.3) is 5.91 Å². The van der Waals surface area contributed by atoms with Crippen LogP contribution >= 0.6 is 0 Å². The molecule has 0 saturated heterocycles. The lowest BCUT2D eigenvalue weighted by atomic mass is 9.71. The predicted octanol–water partition coefficient (Wildman–Crippen LogP) is 6.84. The largest absolute Gasteiger partial charge is 0.497 e. The van der Waals surface area contributed by atoms with Gasteiger partial charge in [0.1, 0.15) is 5.75 Å². The topological polar surface area (TPSA) is 85.9 Å². The van der Waals surface area contributed by atoms with Gasteiger partial charge >= 0.3 is 0 Å². The minimum atomic E-state index is -0.487. The number of carbonyl (C=O) groups excluding carboxylic acids is 2. The van der Waals surface area contributed by atoms with Crippen molar-refractivity contribution in [3.8, 4) is 17.2 Å². The molecule has 2 atom stereocenters. The number of ether oxygens (including phenoxy) is 3. The summed E-state index contributed by atoms with van der Waals surface area (Å²) in [6, 6.07) is 21.3. The van der Waals surface area contributed by atoms with Gasteiger partial charge in [0.15, 0.2) is 17.3 Å². The second kappa shape index (κ2) is 12.1. The Bertz CT molecular complexity index is 1550. The molecule has 2 aliphatic rings. The Hall–Kier alpha value is -4.52. The van der Waals surface area contributed by atoms with Crippen molar-refractivity contribution >= 4 is 17.4 Å². The smallest absolute Gasteiger partial charge is 0.254 e. The van der Waals surface area contributed by atoms with Gasteiger partial charge in [-0.1, -0.05) is 44.2 Å². The summed E-state index contributed by atoms with van der Waals surface area (Å²) < 4.78 is 16.2. The molecule has 42 heavy (non-hydrogen) atoms. The molecule has 0 bridgehead atoms. The van der Waals surface area contributed by atoms with E-state index in [0.29, 0.717) is 52.8 Å². The molecule has 2 N–H and O–H groups in total. The maximum absolute atomic E-state index is 14.0. The molecule has 0 aromatic heterocycles. The number of amides is 1. The lowest BCUT2D eigenvalue weighted by Crippen LogP contribution is -2.37. The quantitative estimate of drug-likeness (QED) is 0.311. The van der Waals surface area contributed by atoms with Gasteiger partial charge in [-0.3, -0.25) is 9.59 Å². The van der Waals surface area contributed by atoms with Crippen LogP contribution in [0.25, 0.3) is 0 Å². The molecule has 1 aliphatic carbocycles. The molecule has 1 amide bonds. The first-order valence-corrected chi connectivity index (χ1v) is 14.2. The highest BCUT2D eigenvalue weighted by atomic mass is 16.5. The molecule has 0 radical (unpaired) electrons. The molecule has 5 rings (SSSR count). The van der Waals surface area contributed by atoms with E-state index in [2.05, 4.69) is 48.7 Å². The summed E-state index contributed by atoms with van der Waals surface area (Å²) in [6.45, 7) is 6.21. The number of allylic oxidation sites excluding steroid dienone is 3. The molecule has 218 valence electrons. The van der Waals surface area contributed by atoms with E-state index in [1.165, 1.54) is 5.56 Å². The molecule has 3 aromatic rings. The maximum atomic E-state index is 14.0. The van der Waals surface area contributed by atoms with Crippen molar-refractivity contribution < 1.29 is 23.8 Å². The highest BCUT2D eigenvalue weighted by Crippen LogP contribution is 2.46. The molecule has 0 unspecified atom stereocenters. The first-order valence-electron chi connectivity index (χ1n) is 14.2. The third-order valence-corrected chi connectivity index (χ3v) is 8.24. The number of Topliss-reactive ketones (excluding diaryl/α,β-unsaturated/α-hetero) is 1. The third-order valence-electron chi connectivity index (χ3n) is 8.24. The van der Waals surface area contributed by atoms with Gasteiger partial charge < -0.3 is 24.8 Å². The van der Waals surface area contributed by atoms with Gasteiger partial charge in [-0.2, -0.15) is 0 Å². The van der Waals surface area contributed by atoms with Gasteiger partial charge in [0, 0.05) is 40.6 Å². The van der Waals surface area contributed by atoms with Gasteiger partial charge in [-0.25, -0.2) is 0 Å². The fraction of sp³-hybridized carbons (Fsp3) is 0.314. The Balaban J connectivity index is 1.53. The number of rotatable bonds is 8. The number of hydrogen-bond acceptors (Lipinski definition) is 6. The van der Waals surface area contributed by atoms with Crippen LogP contribution in [0, 0.1) is 0 Å². The molecular formula is C35H38N2O5. The Kier molecular flexibility index (Phi) is 8.39. The highest BCUT2D eigenvalue weighted by molar-refractivity contribution is 6.10. The van der Waals surface area contributed by atoms with Crippen LogP contribution in [-0.2, 0) is 9.59 Å². The first-order chi connectivity index (χ1) is 20.2. The molecule has 1 aliphatic heterocycles. The average molecular weight is 567 g/mol. The third kappa shape index (κ3) is 5.64. The van der Waals surface area contributed by atoms with Crippen LogP contribution in [0.15, 0.2) is 89.3 Å². The summed E-state index contributed by atoms with van der Waals surface area (Å²) in [4.78, 5) is 27.9. The zero-order valence-electron chi connectivity index (χ0n) is 25.0. The number of hydrogen-bond donors (Lipinski definition) is 2. The van der Waals surface area contributed by atoms with Crippen molar-refractivity contribution in [3.63, 3.8) is 0 Å². The molecule has 7 heteroatoms. The zero-order chi connectivity index (χ0) is 30.0. The van der Waals surface area contributed by atoms with E-state index in [4.69, 9.17) is 14.2 Å². The van der Waals surface area contributed by atoms with E-state index in [1.807, 2.05) is 25.1 Å². The van der Waals surface area contributed by atoms with E-state index < -0.39 is 5.92 Å². The minimum absolute atomic E-state index is 0.0312. The lowest BCUT2D eigenvalue weighted by molar-refractivity contribution is -0.116. The van der Waals surface area contributed by atoms with E-state index in [1.54, 1.807) is 45.6 Å². The van der Waals surface area contributed by atoms with E-state index >= 15 is 0 Å². The van der Waals surface area contributed by atoms with Crippen LogP contribution < -0.4 is 24.8 Å². The van der Waals surface area contributed by atoms with E-state index in [9.17, 15) is 9.59 Å². The zero-order valence-corrected chi connectivity index (χ0v) is 25.0. The second-order valence-electron chi connectivity index (χ2n) is 11.1. The van der Waals surface area contributed by atoms with Gasteiger partial charge in [0.2, 0.25) is 0 Å². The molecule has 0 fully saturated rings. The standard InChI is InChI=1S/C35H38N2O5/c1-20(2)22-7-9-23(10-8-22)33-32(35(39)37-26-12-14-27(40-4)15-13-26)21(3)36-28-17-25(18-29(38)34(28)33)24-11-16-30(41-5)31(19-24)42-6/h7-16,19-20,25,33,36H,17-18H2,1-6H3,(H,37,39)/t25-,33+/m1/s1. The molecule has 0 spiro atoms. The van der Waals surface area contributed by atoms with Gasteiger partial charge in [0.05, 0.1) is 21.3 Å². The summed E-state index contributed by atoms with van der Waals surface area (Å²) >= 11 is 0. The lowest BCUT2D eigenvalue weighted by Gasteiger charge is -2.37. The van der Waals surface area contributed by atoms with E-state index in [0.717, 1.165) is 22.5 Å². The van der Waals surface area contributed by atoms with Crippen LogP contribution in [0.2, 0.25) is 0 Å². The number of carbonyl (C=O) groups is 2. The SMILES string of the molecule is COc1ccc(NC(=O)C2=C(C)NC3=C(C(=O)C[C@H](c4ccc(OC)c(OC)c4)C3)[C@H]2c2ccc(C(C)C)cc2)cc1. The van der Waals surface area contributed by atoms with Crippen LogP contribution in [-0.4, -0.2) is 33.0 Å². The Labute approximate surface area is 247 Å². The van der Waals surface area contributed by atoms with Crippen molar-refractivity contribution in [2.24, 2.45) is 0 Å². The Morgan fingerprint density at radius 2 is 1.52 bits per heavy atom. The normalized spacial score (nSPS) is 18.4. The minimum Gasteiger partial charge on any atom is -0.497 e. The predicted molar refractivity (Wildman–Crippen MR) is 164 cm³/mol. The molecule has 3 aromatic carbocycles. The summed E-state index contributed by atoms with van der Waals surface area (Å²) in [7, 11) is 4.82. The Morgan fingerprint density at radius 3 is 2.14 bits per heavy atom. The Morgan fingerprint density at radius 1 is 0.857 bits per heavy atom. The summed E-state index contributed by atoms with van der Waals surface area (Å²) in [5.41, 5.74) is 6.59. The highest BCUT2D eigenvalue weighted by Gasteiger charge is 2.41. The molecule has 0 saturated carbocycles. The van der Waals surface area contributed by atoms with Crippen molar-refractivity contribution in [3.05, 3.63) is 106 Å². The summed E-state index contributed by atoms with van der Waals surface area (Å²) in [5.74, 6) is 1.63. The average Bonchev–Trinajstić information content (AvgIpc) is 3.00. The monoisotopic (exact) mass is 566 g/mol. The number of benzene rings is 3. The fourth-order valence-electron chi connectivity index (χ4n) is 5.96. The number of dihydropyridines is 1. The number of anilines is 1. The van der Waals surface area contributed by atoms with Crippen molar-refractivity contribution in [1.82, 2.24) is 5.32 Å². The summed E-state index contributed by atoms with van der Waals surface area (Å²) in [5, 5.41) is 6.50. The number of ketones is 1. The van der Waals surface area contributed by atoms with Crippen molar-refractivity contribution in [2.75, 3.05) is 26.6 Å². The van der Waals surface area contributed by atoms with Crippen molar-refractivity contribution in [2.45, 2.75) is 51.4 Å². The van der Waals surface area contributed by atoms with Gasteiger partial charge in [-0.05, 0) is 78.3 Å². The molecule has 7 nitrogen and oxygen atoms in total. The second-order valence-corrected chi connectivity index (χ2v) is 11.1. The first kappa shape index (κ1) is 29.0. The van der Waals surface area contributed by atoms with Crippen LogP contribution in [0.5, 0.6) is 17.2 Å². The van der Waals surface area contributed by atoms with Crippen LogP contribution in [0.1, 0.15) is 68.1 Å². The number of nitrogens with one attached hydrogen (secondary N) is 2. The molecule has 1 heterocycles. The number of methoxy groups -OCH3 is 3. The summed E-state index contributed by atoms with van der Waals surface area (Å²) in [6.07, 6.45) is 0.977. The van der Waals surface area contributed by atoms with Crippen LogP contribution in [0.3, 0.4) is 0 Å². The fourth-order valence-corrected chi connectivity index (χ4v) is 5.96.